The first kappa shape index (κ1) is 29.0. The highest BCUT2D eigenvalue weighted by Gasteiger charge is 2.43. The Bertz CT molecular complexity index is 818. The molecule has 2 aliphatic rings. The standard InChI is InChI=1S/C29H46F2N2O3/c1-3-36-17-7-6-15-29(35,25-13-8-14-26(30)28(25)31)24-12-9-16-33(21-24)27(34)19-23(20-32-2)18-22-10-4-5-11-22/h8,13-14,22-24,32,35H,3-7,9-12,15-21H2,1-2H3/t23-,24-,29+/m1/s1. The molecule has 1 aliphatic carbocycles. The van der Waals surface area contributed by atoms with Crippen LogP contribution in [0.1, 0.15) is 83.1 Å². The number of nitrogens with one attached hydrogen (secondary N) is 1. The molecule has 1 amide bonds. The first-order chi connectivity index (χ1) is 17.4. The number of piperidine rings is 1. The number of unbranched alkanes of at least 4 members (excludes halogenated alkanes) is 1. The fourth-order valence-electron chi connectivity index (χ4n) is 6.35. The van der Waals surface area contributed by atoms with Gasteiger partial charge < -0.3 is 20.1 Å². The molecule has 7 heteroatoms. The summed E-state index contributed by atoms with van der Waals surface area (Å²) in [5, 5.41) is 15.2. The van der Waals surface area contributed by atoms with E-state index in [2.05, 4.69) is 5.32 Å². The molecule has 1 heterocycles. The van der Waals surface area contributed by atoms with E-state index < -0.39 is 17.2 Å². The van der Waals surface area contributed by atoms with Crippen molar-refractivity contribution in [3.05, 3.63) is 35.4 Å². The van der Waals surface area contributed by atoms with Gasteiger partial charge in [0, 0.05) is 44.2 Å². The van der Waals surface area contributed by atoms with Crippen molar-refractivity contribution >= 4 is 5.91 Å². The molecule has 3 rings (SSSR count). The highest BCUT2D eigenvalue weighted by Crippen LogP contribution is 2.41. The van der Waals surface area contributed by atoms with E-state index in [1.54, 1.807) is 0 Å². The van der Waals surface area contributed by atoms with Gasteiger partial charge in [-0.25, -0.2) is 8.78 Å². The summed E-state index contributed by atoms with van der Waals surface area (Å²) in [6, 6.07) is 4.03. The minimum atomic E-state index is -1.54. The van der Waals surface area contributed by atoms with Gasteiger partial charge in [-0.05, 0) is 76.9 Å². The minimum absolute atomic E-state index is 0.00695. The molecular formula is C29H46F2N2O3. The molecule has 0 unspecified atom stereocenters. The normalized spacial score (nSPS) is 21.5. The van der Waals surface area contributed by atoms with E-state index >= 15 is 0 Å². The minimum Gasteiger partial charge on any atom is -0.385 e. The number of nitrogens with zero attached hydrogens (tertiary/aromatic N) is 1. The quantitative estimate of drug-likeness (QED) is 0.330. The summed E-state index contributed by atoms with van der Waals surface area (Å²) in [5.41, 5.74) is -1.53. The van der Waals surface area contributed by atoms with Gasteiger partial charge in [-0.15, -0.1) is 0 Å². The van der Waals surface area contributed by atoms with Crippen molar-refractivity contribution in [2.75, 3.05) is 39.9 Å². The predicted molar refractivity (Wildman–Crippen MR) is 139 cm³/mol. The number of likely N-dealkylation sites (tertiary alicyclic amines) is 1. The van der Waals surface area contributed by atoms with Gasteiger partial charge in [0.2, 0.25) is 5.91 Å². The van der Waals surface area contributed by atoms with Gasteiger partial charge in [0.15, 0.2) is 11.6 Å². The zero-order valence-corrected chi connectivity index (χ0v) is 22.2. The molecule has 3 atom stereocenters. The molecule has 5 nitrogen and oxygen atoms in total. The third kappa shape index (κ3) is 7.72. The topological polar surface area (TPSA) is 61.8 Å². The van der Waals surface area contributed by atoms with E-state index in [1.165, 1.54) is 37.8 Å². The van der Waals surface area contributed by atoms with Gasteiger partial charge >= 0.3 is 0 Å². The molecule has 1 saturated heterocycles. The van der Waals surface area contributed by atoms with Crippen LogP contribution in [0, 0.1) is 29.4 Å². The maximum absolute atomic E-state index is 14.9. The smallest absolute Gasteiger partial charge is 0.222 e. The van der Waals surface area contributed by atoms with E-state index in [4.69, 9.17) is 4.74 Å². The molecule has 1 saturated carbocycles. The number of ether oxygens (including phenoxy) is 1. The Labute approximate surface area is 216 Å². The maximum atomic E-state index is 14.9. The third-order valence-electron chi connectivity index (χ3n) is 8.27. The molecule has 2 N–H and O–H groups in total. The van der Waals surface area contributed by atoms with Gasteiger partial charge in [-0.1, -0.05) is 37.8 Å². The van der Waals surface area contributed by atoms with Gasteiger partial charge in [0.05, 0.1) is 5.60 Å². The number of carbonyl (C=O) groups excluding carboxylic acids is 1. The van der Waals surface area contributed by atoms with Crippen LogP contribution in [-0.4, -0.2) is 55.8 Å². The molecule has 1 aromatic rings. The second-order valence-electron chi connectivity index (χ2n) is 10.9. The van der Waals surface area contributed by atoms with Crippen LogP contribution in [0.3, 0.4) is 0 Å². The van der Waals surface area contributed by atoms with Crippen molar-refractivity contribution < 1.29 is 23.4 Å². The zero-order valence-electron chi connectivity index (χ0n) is 22.2. The Balaban J connectivity index is 1.72. The number of rotatable bonds is 14. The van der Waals surface area contributed by atoms with Crippen LogP contribution in [0.4, 0.5) is 8.78 Å². The summed E-state index contributed by atoms with van der Waals surface area (Å²) < 4.78 is 34.5. The summed E-state index contributed by atoms with van der Waals surface area (Å²) in [7, 11) is 1.93. The van der Waals surface area contributed by atoms with Crippen molar-refractivity contribution in [2.24, 2.45) is 17.8 Å². The SMILES string of the molecule is CCOCCCC[C@@](O)(c1cccc(F)c1F)[C@@H]1CCCN(C(=O)C[C@H](CNC)CC2CCCC2)C1. The Morgan fingerprint density at radius 2 is 2.00 bits per heavy atom. The second kappa shape index (κ2) is 14.4. The van der Waals surface area contributed by atoms with Crippen LogP contribution < -0.4 is 5.32 Å². The van der Waals surface area contributed by atoms with Crippen molar-refractivity contribution in [1.29, 1.82) is 0 Å². The average Bonchev–Trinajstić information content (AvgIpc) is 3.38. The van der Waals surface area contributed by atoms with E-state index in [0.29, 0.717) is 63.8 Å². The molecule has 204 valence electrons. The lowest BCUT2D eigenvalue weighted by molar-refractivity contribution is -0.138. The monoisotopic (exact) mass is 508 g/mol. The molecular weight excluding hydrogens is 462 g/mol. The van der Waals surface area contributed by atoms with Crippen LogP contribution in [0.2, 0.25) is 0 Å². The van der Waals surface area contributed by atoms with E-state index in [1.807, 2.05) is 18.9 Å². The first-order valence-corrected chi connectivity index (χ1v) is 14.1. The van der Waals surface area contributed by atoms with Crippen LogP contribution in [-0.2, 0) is 15.1 Å². The van der Waals surface area contributed by atoms with Crippen LogP contribution in [0.25, 0.3) is 0 Å². The van der Waals surface area contributed by atoms with E-state index in [-0.39, 0.29) is 17.4 Å². The summed E-state index contributed by atoms with van der Waals surface area (Å²) in [6.45, 7) is 4.96. The molecule has 0 bridgehead atoms. The molecule has 36 heavy (non-hydrogen) atoms. The number of aliphatic hydroxyl groups is 1. The molecule has 0 aromatic heterocycles. The number of amides is 1. The summed E-state index contributed by atoms with van der Waals surface area (Å²) in [6.07, 6.45) is 9.74. The second-order valence-corrected chi connectivity index (χ2v) is 10.9. The first-order valence-electron chi connectivity index (χ1n) is 14.1. The molecule has 1 aliphatic heterocycles. The van der Waals surface area contributed by atoms with Crippen molar-refractivity contribution in [3.63, 3.8) is 0 Å². The maximum Gasteiger partial charge on any atom is 0.222 e. The number of halogens is 2. The van der Waals surface area contributed by atoms with Crippen LogP contribution >= 0.6 is 0 Å². The average molecular weight is 509 g/mol. The fraction of sp³-hybridized carbons (Fsp3) is 0.759. The number of hydrogen-bond acceptors (Lipinski definition) is 4. The Kier molecular flexibility index (Phi) is 11.6. The highest BCUT2D eigenvalue weighted by atomic mass is 19.2. The Morgan fingerprint density at radius 1 is 1.22 bits per heavy atom. The number of carbonyl (C=O) groups is 1. The molecule has 0 radical (unpaired) electrons. The molecule has 1 aromatic carbocycles. The number of benzene rings is 1. The Morgan fingerprint density at radius 3 is 2.72 bits per heavy atom. The van der Waals surface area contributed by atoms with Gasteiger partial charge in [0.1, 0.15) is 0 Å². The van der Waals surface area contributed by atoms with Crippen molar-refractivity contribution in [1.82, 2.24) is 10.2 Å². The van der Waals surface area contributed by atoms with E-state index in [9.17, 15) is 18.7 Å². The molecule has 2 fully saturated rings. The third-order valence-corrected chi connectivity index (χ3v) is 8.27. The lowest BCUT2D eigenvalue weighted by Crippen LogP contribution is -2.49. The number of hydrogen-bond donors (Lipinski definition) is 2. The largest absolute Gasteiger partial charge is 0.385 e. The summed E-state index contributed by atoms with van der Waals surface area (Å²) in [4.78, 5) is 15.2. The zero-order chi connectivity index (χ0) is 26.0. The van der Waals surface area contributed by atoms with Gasteiger partial charge in [0.25, 0.3) is 0 Å². The lowest BCUT2D eigenvalue weighted by atomic mass is 9.73. The predicted octanol–water partition coefficient (Wildman–Crippen LogP) is 5.40. The highest BCUT2D eigenvalue weighted by molar-refractivity contribution is 5.76. The fourth-order valence-corrected chi connectivity index (χ4v) is 6.35. The van der Waals surface area contributed by atoms with Crippen LogP contribution in [0.5, 0.6) is 0 Å². The van der Waals surface area contributed by atoms with E-state index in [0.717, 1.165) is 31.9 Å². The van der Waals surface area contributed by atoms with Crippen LogP contribution in [0.15, 0.2) is 18.2 Å². The summed E-state index contributed by atoms with van der Waals surface area (Å²) in [5.74, 6) is -1.18. The molecule has 0 spiro atoms. The van der Waals surface area contributed by atoms with Gasteiger partial charge in [-0.3, -0.25) is 4.79 Å². The lowest BCUT2D eigenvalue weighted by Gasteiger charge is -2.43. The summed E-state index contributed by atoms with van der Waals surface area (Å²) >= 11 is 0. The Hall–Kier alpha value is -1.57. The van der Waals surface area contributed by atoms with Crippen molar-refractivity contribution in [3.8, 4) is 0 Å². The van der Waals surface area contributed by atoms with Gasteiger partial charge in [-0.2, -0.15) is 0 Å². The van der Waals surface area contributed by atoms with Crippen molar-refractivity contribution in [2.45, 2.75) is 83.2 Å².